The van der Waals surface area contributed by atoms with Crippen molar-refractivity contribution in [2.45, 2.75) is 37.8 Å². The Morgan fingerprint density at radius 1 is 1.12 bits per heavy atom. The van der Waals surface area contributed by atoms with Gasteiger partial charge in [0.25, 0.3) is 10.0 Å². The Kier molecular flexibility index (Phi) is 7.64. The number of amides is 2. The third-order valence-electron chi connectivity index (χ3n) is 4.41. The highest BCUT2D eigenvalue weighted by Crippen LogP contribution is 2.31. The molecule has 0 aliphatic rings. The number of hydrogen-bond acceptors (Lipinski definition) is 8. The zero-order valence-electron chi connectivity index (χ0n) is 17.8. The molecule has 0 aliphatic heterocycles. The maximum absolute atomic E-state index is 12.7. The molecule has 3 aromatic rings. The molecule has 2 heterocycles. The Morgan fingerprint density at radius 3 is 2.50 bits per heavy atom. The van der Waals surface area contributed by atoms with Crippen LogP contribution in [0.4, 0.5) is 9.93 Å². The summed E-state index contributed by atoms with van der Waals surface area (Å²) in [5.41, 5.74) is 2.45. The molecule has 0 radical (unpaired) electrons. The van der Waals surface area contributed by atoms with Crippen LogP contribution in [0.2, 0.25) is 0 Å². The molecule has 0 unspecified atom stereocenters. The third-order valence-corrected chi connectivity index (χ3v) is 8.63. The molecule has 0 saturated carbocycles. The van der Waals surface area contributed by atoms with Gasteiger partial charge in [0.1, 0.15) is 4.21 Å². The minimum Gasteiger partial charge on any atom is -0.465 e. The monoisotopic (exact) mass is 493 g/mol. The molecule has 3 rings (SSSR count). The predicted octanol–water partition coefficient (Wildman–Crippen LogP) is 4.36. The van der Waals surface area contributed by atoms with E-state index in [1.54, 1.807) is 6.92 Å². The van der Waals surface area contributed by atoms with Crippen LogP contribution in [0.5, 0.6) is 0 Å². The van der Waals surface area contributed by atoms with Crippen LogP contribution in [-0.4, -0.2) is 32.0 Å². The molecule has 0 bridgehead atoms. The molecule has 2 amide bonds. The highest BCUT2D eigenvalue weighted by atomic mass is 32.2. The van der Waals surface area contributed by atoms with Crippen LogP contribution >= 0.6 is 22.7 Å². The van der Waals surface area contributed by atoms with Crippen molar-refractivity contribution in [3.63, 3.8) is 0 Å². The third kappa shape index (κ3) is 5.93. The zero-order chi connectivity index (χ0) is 23.3. The van der Waals surface area contributed by atoms with E-state index in [9.17, 15) is 18.0 Å². The van der Waals surface area contributed by atoms with Crippen LogP contribution in [0.25, 0.3) is 11.3 Å². The Bertz CT molecular complexity index is 1220. The normalized spacial score (nSPS) is 11.2. The molecule has 0 atom stereocenters. The van der Waals surface area contributed by atoms with Crippen LogP contribution in [0, 0.1) is 6.92 Å². The second-order valence-corrected chi connectivity index (χ2v) is 11.0. The number of hydrogen-bond donors (Lipinski definition) is 2. The molecule has 2 aromatic heterocycles. The summed E-state index contributed by atoms with van der Waals surface area (Å²) in [4.78, 5) is 29.5. The molecule has 0 aliphatic carbocycles. The molecule has 0 spiro atoms. The molecule has 2 N–H and O–H groups in total. The number of urea groups is 1. The lowest BCUT2D eigenvalue weighted by Crippen LogP contribution is -2.33. The number of carbonyl (C=O) groups is 2. The van der Waals surface area contributed by atoms with Gasteiger partial charge in [0.2, 0.25) is 0 Å². The van der Waals surface area contributed by atoms with Crippen molar-refractivity contribution in [3.8, 4) is 11.3 Å². The average Bonchev–Trinajstić information content (AvgIpc) is 3.31. The van der Waals surface area contributed by atoms with Crippen LogP contribution < -0.4 is 10.0 Å². The van der Waals surface area contributed by atoms with E-state index in [2.05, 4.69) is 10.3 Å². The van der Waals surface area contributed by atoms with Gasteiger partial charge in [-0.1, -0.05) is 37.3 Å². The second-order valence-electron chi connectivity index (χ2n) is 6.83. The van der Waals surface area contributed by atoms with Gasteiger partial charge in [-0.15, -0.1) is 22.7 Å². The minimum atomic E-state index is -4.06. The summed E-state index contributed by atoms with van der Waals surface area (Å²) in [7, 11) is -4.06. The Morgan fingerprint density at radius 2 is 1.84 bits per heavy atom. The van der Waals surface area contributed by atoms with Crippen molar-refractivity contribution in [2.24, 2.45) is 0 Å². The van der Waals surface area contributed by atoms with Crippen molar-refractivity contribution in [2.75, 3.05) is 11.9 Å². The molecule has 11 heteroatoms. The van der Waals surface area contributed by atoms with Crippen molar-refractivity contribution in [1.29, 1.82) is 0 Å². The van der Waals surface area contributed by atoms with Gasteiger partial charge in [0, 0.05) is 28.7 Å². The number of ether oxygens (including phenoxy) is 1. The quantitative estimate of drug-likeness (QED) is 0.451. The fourth-order valence-corrected chi connectivity index (χ4v) is 6.31. The van der Waals surface area contributed by atoms with Crippen molar-refractivity contribution in [3.05, 3.63) is 51.7 Å². The Balaban J connectivity index is 1.69. The number of thiazole rings is 1. The number of benzene rings is 1. The summed E-state index contributed by atoms with van der Waals surface area (Å²) < 4.78 is 32.3. The molecular weight excluding hydrogens is 470 g/mol. The first-order chi connectivity index (χ1) is 15.2. The van der Waals surface area contributed by atoms with Crippen LogP contribution in [0.3, 0.4) is 0 Å². The lowest BCUT2D eigenvalue weighted by Gasteiger charge is -2.05. The van der Waals surface area contributed by atoms with Crippen LogP contribution in [-0.2, 0) is 32.4 Å². The first-order valence-electron chi connectivity index (χ1n) is 9.81. The highest BCUT2D eigenvalue weighted by Gasteiger charge is 2.23. The van der Waals surface area contributed by atoms with Crippen molar-refractivity contribution >= 4 is 49.8 Å². The maximum Gasteiger partial charge on any atom is 0.334 e. The number of aryl methyl sites for hydroxylation is 2. The molecular formula is C21H23N3O5S3. The van der Waals surface area contributed by atoms with Gasteiger partial charge in [0.05, 0.1) is 12.3 Å². The Hall–Kier alpha value is -2.76. The summed E-state index contributed by atoms with van der Waals surface area (Å²) in [5.74, 6) is -0.394. The van der Waals surface area contributed by atoms with E-state index in [0.29, 0.717) is 11.6 Å². The second kappa shape index (κ2) is 10.2. The topological polar surface area (TPSA) is 114 Å². The SMILES string of the molecule is CCc1sc(NC(=O)NS(=O)(=O)c2cc(C)c(CCOC(C)=O)s2)nc1-c1ccccc1. The number of carbonyl (C=O) groups excluding carboxylic acids is 2. The van der Waals surface area contributed by atoms with E-state index in [1.807, 2.05) is 42.0 Å². The van der Waals surface area contributed by atoms with E-state index in [0.717, 1.165) is 44.3 Å². The molecule has 8 nitrogen and oxygen atoms in total. The summed E-state index contributed by atoms with van der Waals surface area (Å²) in [6, 6.07) is 10.2. The summed E-state index contributed by atoms with van der Waals surface area (Å²) in [5, 5.41) is 2.84. The summed E-state index contributed by atoms with van der Waals surface area (Å²) in [6.07, 6.45) is 1.13. The number of rotatable bonds is 8. The van der Waals surface area contributed by atoms with E-state index in [1.165, 1.54) is 24.3 Å². The smallest absolute Gasteiger partial charge is 0.334 e. The zero-order valence-corrected chi connectivity index (χ0v) is 20.2. The number of nitrogens with zero attached hydrogens (tertiary/aromatic N) is 1. The maximum atomic E-state index is 12.7. The largest absolute Gasteiger partial charge is 0.465 e. The van der Waals surface area contributed by atoms with Crippen LogP contribution in [0.15, 0.2) is 40.6 Å². The number of anilines is 1. The molecule has 1 aromatic carbocycles. The molecule has 0 saturated heterocycles. The number of nitrogens with one attached hydrogen (secondary N) is 2. The number of esters is 1. The minimum absolute atomic E-state index is 0.0151. The molecule has 170 valence electrons. The van der Waals surface area contributed by atoms with Gasteiger partial charge in [-0.3, -0.25) is 10.1 Å². The summed E-state index contributed by atoms with van der Waals surface area (Å²) in [6.45, 7) is 5.24. The van der Waals surface area contributed by atoms with Gasteiger partial charge in [-0.05, 0) is 25.0 Å². The fourth-order valence-electron chi connectivity index (χ4n) is 2.92. The van der Waals surface area contributed by atoms with Gasteiger partial charge in [0.15, 0.2) is 5.13 Å². The fraction of sp³-hybridized carbons (Fsp3) is 0.286. The van der Waals surface area contributed by atoms with E-state index in [-0.39, 0.29) is 10.8 Å². The van der Waals surface area contributed by atoms with E-state index < -0.39 is 22.0 Å². The first-order valence-corrected chi connectivity index (χ1v) is 12.9. The standard InChI is InChI=1S/C21H23N3O5S3/c1-4-16-19(15-8-6-5-7-9-15)22-21(31-16)23-20(26)24-32(27,28)18-12-13(2)17(30-18)10-11-29-14(3)25/h5-9,12H,4,10-11H2,1-3H3,(H2,22,23,24,26). The first kappa shape index (κ1) is 23.9. The van der Waals surface area contributed by atoms with Gasteiger partial charge in [-0.25, -0.2) is 22.9 Å². The lowest BCUT2D eigenvalue weighted by molar-refractivity contribution is -0.140. The summed E-state index contributed by atoms with van der Waals surface area (Å²) >= 11 is 2.34. The van der Waals surface area contributed by atoms with E-state index >= 15 is 0 Å². The Labute approximate surface area is 194 Å². The molecule has 0 fully saturated rings. The highest BCUT2D eigenvalue weighted by molar-refractivity contribution is 7.92. The van der Waals surface area contributed by atoms with Gasteiger partial charge in [-0.2, -0.15) is 0 Å². The molecule has 32 heavy (non-hydrogen) atoms. The van der Waals surface area contributed by atoms with Gasteiger partial charge < -0.3 is 4.74 Å². The average molecular weight is 494 g/mol. The van der Waals surface area contributed by atoms with Crippen molar-refractivity contribution < 1.29 is 22.7 Å². The lowest BCUT2D eigenvalue weighted by atomic mass is 10.1. The van der Waals surface area contributed by atoms with Crippen LogP contribution in [0.1, 0.15) is 29.2 Å². The number of aromatic nitrogens is 1. The van der Waals surface area contributed by atoms with Gasteiger partial charge >= 0.3 is 12.0 Å². The number of thiophene rings is 1. The van der Waals surface area contributed by atoms with E-state index in [4.69, 9.17) is 4.74 Å². The van der Waals surface area contributed by atoms with Crippen molar-refractivity contribution in [1.82, 2.24) is 9.71 Å². The predicted molar refractivity (Wildman–Crippen MR) is 126 cm³/mol. The number of sulfonamides is 1.